The van der Waals surface area contributed by atoms with Crippen molar-refractivity contribution in [1.82, 2.24) is 10.3 Å². The number of hydrogen-bond acceptors (Lipinski definition) is 1. The van der Waals surface area contributed by atoms with Gasteiger partial charge in [0.05, 0.1) is 0 Å². The van der Waals surface area contributed by atoms with Crippen LogP contribution in [0.4, 0.5) is 0 Å². The van der Waals surface area contributed by atoms with Crippen LogP contribution in [0.3, 0.4) is 0 Å². The maximum absolute atomic E-state index is 5.96. The highest BCUT2D eigenvalue weighted by atomic mass is 35.5. The van der Waals surface area contributed by atoms with E-state index < -0.39 is 0 Å². The largest absolute Gasteiger partial charge is 0.367 e. The number of aromatic nitrogens is 1. The van der Waals surface area contributed by atoms with Crippen LogP contribution in [-0.4, -0.2) is 4.98 Å². The lowest BCUT2D eigenvalue weighted by molar-refractivity contribution is 0.575. The third-order valence-corrected chi connectivity index (χ3v) is 2.86. The van der Waals surface area contributed by atoms with Crippen LogP contribution in [0.15, 0.2) is 42.7 Å². The molecule has 0 aliphatic heterocycles. The number of benzene rings is 1. The Labute approximate surface area is 101 Å². The maximum Gasteiger partial charge on any atom is 0.0409 e. The molecule has 1 atom stereocenters. The minimum atomic E-state index is 0.300. The van der Waals surface area contributed by atoms with E-state index >= 15 is 0 Å². The normalized spacial score (nSPS) is 12.6. The molecule has 84 valence electrons. The average Bonchev–Trinajstić information content (AvgIpc) is 2.78. The summed E-state index contributed by atoms with van der Waals surface area (Å²) in [6.45, 7) is 3.00. The fourth-order valence-electron chi connectivity index (χ4n) is 1.63. The molecule has 1 aromatic carbocycles. The zero-order valence-corrected chi connectivity index (χ0v) is 9.96. The lowest BCUT2D eigenvalue weighted by atomic mass is 10.1. The molecular weight excluding hydrogens is 220 g/mol. The summed E-state index contributed by atoms with van der Waals surface area (Å²) >= 11 is 5.96. The quantitative estimate of drug-likeness (QED) is 0.833. The maximum atomic E-state index is 5.96. The Morgan fingerprint density at radius 2 is 2.25 bits per heavy atom. The summed E-state index contributed by atoms with van der Waals surface area (Å²) in [5, 5.41) is 4.23. The molecule has 0 radical (unpaired) electrons. The van der Waals surface area contributed by atoms with Gasteiger partial charge in [-0.1, -0.05) is 23.7 Å². The molecule has 2 N–H and O–H groups in total. The fourth-order valence-corrected chi connectivity index (χ4v) is 1.83. The Morgan fingerprint density at radius 1 is 1.38 bits per heavy atom. The van der Waals surface area contributed by atoms with Gasteiger partial charge < -0.3 is 10.3 Å². The second kappa shape index (κ2) is 5.19. The minimum Gasteiger partial charge on any atom is -0.367 e. The highest BCUT2D eigenvalue weighted by Crippen LogP contribution is 2.17. The molecule has 2 aromatic rings. The van der Waals surface area contributed by atoms with Gasteiger partial charge in [0.15, 0.2) is 0 Å². The van der Waals surface area contributed by atoms with Gasteiger partial charge >= 0.3 is 0 Å². The van der Waals surface area contributed by atoms with Crippen molar-refractivity contribution in [3.05, 3.63) is 58.9 Å². The molecular formula is C13H15ClN2. The molecule has 0 spiro atoms. The van der Waals surface area contributed by atoms with E-state index in [2.05, 4.69) is 29.4 Å². The second-order valence-corrected chi connectivity index (χ2v) is 4.31. The summed E-state index contributed by atoms with van der Waals surface area (Å²) in [6.07, 6.45) is 3.93. The smallest absolute Gasteiger partial charge is 0.0409 e. The van der Waals surface area contributed by atoms with E-state index in [1.807, 2.05) is 30.6 Å². The third-order valence-electron chi connectivity index (χ3n) is 2.62. The first kappa shape index (κ1) is 11.2. The van der Waals surface area contributed by atoms with Gasteiger partial charge in [-0.05, 0) is 36.2 Å². The molecule has 2 rings (SSSR count). The van der Waals surface area contributed by atoms with Crippen molar-refractivity contribution in [2.45, 2.75) is 19.5 Å². The molecule has 0 bridgehead atoms. The van der Waals surface area contributed by atoms with Gasteiger partial charge in [-0.15, -0.1) is 0 Å². The summed E-state index contributed by atoms with van der Waals surface area (Å²) in [6, 6.07) is 10.3. The Balaban J connectivity index is 1.95. The van der Waals surface area contributed by atoms with Crippen molar-refractivity contribution in [1.29, 1.82) is 0 Å². The van der Waals surface area contributed by atoms with Crippen molar-refractivity contribution in [3.63, 3.8) is 0 Å². The van der Waals surface area contributed by atoms with Crippen LogP contribution in [0.5, 0.6) is 0 Å². The van der Waals surface area contributed by atoms with Crippen LogP contribution in [0.1, 0.15) is 24.1 Å². The SMILES string of the molecule is C[C@H](NCc1cc[nH]c1)c1cccc(Cl)c1. The van der Waals surface area contributed by atoms with Gasteiger partial charge in [0.2, 0.25) is 0 Å². The minimum absolute atomic E-state index is 0.300. The summed E-state index contributed by atoms with van der Waals surface area (Å²) in [5.74, 6) is 0. The van der Waals surface area contributed by atoms with Crippen LogP contribution >= 0.6 is 11.6 Å². The number of halogens is 1. The number of hydrogen-bond donors (Lipinski definition) is 2. The van der Waals surface area contributed by atoms with E-state index in [0.29, 0.717) is 6.04 Å². The zero-order chi connectivity index (χ0) is 11.4. The van der Waals surface area contributed by atoms with E-state index in [-0.39, 0.29) is 0 Å². The Bertz CT molecular complexity index is 437. The summed E-state index contributed by atoms with van der Waals surface area (Å²) < 4.78 is 0. The summed E-state index contributed by atoms with van der Waals surface area (Å²) in [4.78, 5) is 3.04. The third kappa shape index (κ3) is 2.87. The Morgan fingerprint density at radius 3 is 2.94 bits per heavy atom. The standard InChI is InChI=1S/C13H15ClN2/c1-10(12-3-2-4-13(14)7-12)16-9-11-5-6-15-8-11/h2-8,10,15-16H,9H2,1H3/t10-/m0/s1. The molecule has 0 saturated carbocycles. The summed E-state index contributed by atoms with van der Waals surface area (Å²) in [7, 11) is 0. The van der Waals surface area contributed by atoms with Crippen molar-refractivity contribution in [2.24, 2.45) is 0 Å². The molecule has 0 aliphatic rings. The van der Waals surface area contributed by atoms with E-state index in [9.17, 15) is 0 Å². The molecule has 0 fully saturated rings. The molecule has 0 saturated heterocycles. The predicted octanol–water partition coefficient (Wildman–Crippen LogP) is 3.52. The summed E-state index contributed by atoms with van der Waals surface area (Å²) in [5.41, 5.74) is 2.47. The molecule has 1 heterocycles. The van der Waals surface area contributed by atoms with Crippen molar-refractivity contribution in [3.8, 4) is 0 Å². The van der Waals surface area contributed by atoms with Crippen molar-refractivity contribution < 1.29 is 0 Å². The predicted molar refractivity (Wildman–Crippen MR) is 67.5 cm³/mol. The van der Waals surface area contributed by atoms with Crippen molar-refractivity contribution in [2.75, 3.05) is 0 Å². The highest BCUT2D eigenvalue weighted by molar-refractivity contribution is 6.30. The molecule has 2 nitrogen and oxygen atoms in total. The number of H-pyrrole nitrogens is 1. The highest BCUT2D eigenvalue weighted by Gasteiger charge is 2.04. The fraction of sp³-hybridized carbons (Fsp3) is 0.231. The molecule has 1 aromatic heterocycles. The molecule has 0 amide bonds. The Hall–Kier alpha value is -1.25. The average molecular weight is 235 g/mol. The second-order valence-electron chi connectivity index (χ2n) is 3.88. The number of rotatable bonds is 4. The number of nitrogens with one attached hydrogen (secondary N) is 2. The Kier molecular flexibility index (Phi) is 3.65. The first-order valence-corrected chi connectivity index (χ1v) is 5.74. The van der Waals surface area contributed by atoms with Crippen molar-refractivity contribution >= 4 is 11.6 Å². The van der Waals surface area contributed by atoms with Gasteiger partial charge in [-0.2, -0.15) is 0 Å². The van der Waals surface area contributed by atoms with Gasteiger partial charge in [0.25, 0.3) is 0 Å². The van der Waals surface area contributed by atoms with E-state index in [4.69, 9.17) is 11.6 Å². The number of aromatic amines is 1. The van der Waals surface area contributed by atoms with E-state index in [0.717, 1.165) is 11.6 Å². The van der Waals surface area contributed by atoms with Crippen LogP contribution in [0, 0.1) is 0 Å². The van der Waals surface area contributed by atoms with E-state index in [1.54, 1.807) is 0 Å². The topological polar surface area (TPSA) is 27.8 Å². The van der Waals surface area contributed by atoms with Gasteiger partial charge in [0, 0.05) is 30.0 Å². The first-order valence-electron chi connectivity index (χ1n) is 5.36. The van der Waals surface area contributed by atoms with Gasteiger partial charge in [0.1, 0.15) is 0 Å². The lowest BCUT2D eigenvalue weighted by Crippen LogP contribution is -2.17. The monoisotopic (exact) mass is 234 g/mol. The zero-order valence-electron chi connectivity index (χ0n) is 9.20. The molecule has 0 aliphatic carbocycles. The van der Waals surface area contributed by atoms with Crippen LogP contribution < -0.4 is 5.32 Å². The first-order chi connectivity index (χ1) is 7.75. The molecule has 3 heteroatoms. The van der Waals surface area contributed by atoms with Crippen LogP contribution in [0.2, 0.25) is 5.02 Å². The lowest BCUT2D eigenvalue weighted by Gasteiger charge is -2.13. The van der Waals surface area contributed by atoms with Crippen LogP contribution in [-0.2, 0) is 6.54 Å². The molecule has 16 heavy (non-hydrogen) atoms. The van der Waals surface area contributed by atoms with E-state index in [1.165, 1.54) is 11.1 Å². The molecule has 0 unspecified atom stereocenters. The van der Waals surface area contributed by atoms with Gasteiger partial charge in [-0.3, -0.25) is 0 Å². The van der Waals surface area contributed by atoms with Crippen LogP contribution in [0.25, 0.3) is 0 Å². The van der Waals surface area contributed by atoms with Gasteiger partial charge in [-0.25, -0.2) is 0 Å².